The van der Waals surface area contributed by atoms with E-state index < -0.39 is 11.8 Å². The molecule has 0 saturated heterocycles. The van der Waals surface area contributed by atoms with E-state index in [1.807, 2.05) is 0 Å². The van der Waals surface area contributed by atoms with E-state index in [9.17, 15) is 9.59 Å². The van der Waals surface area contributed by atoms with Gasteiger partial charge in [0.15, 0.2) is 5.69 Å². The molecule has 0 bridgehead atoms. The third kappa shape index (κ3) is 5.95. The molecule has 1 aliphatic rings. The van der Waals surface area contributed by atoms with Crippen LogP contribution in [0, 0.1) is 6.92 Å². The molecule has 0 aliphatic heterocycles. The Labute approximate surface area is 158 Å². The molecular formula is C19H26N6O2. The maximum absolute atomic E-state index is 11.3. The number of aromatic nitrogens is 2. The lowest BCUT2D eigenvalue weighted by molar-refractivity contribution is 0.0989. The van der Waals surface area contributed by atoms with Crippen LogP contribution in [0.3, 0.4) is 0 Å². The van der Waals surface area contributed by atoms with Crippen LogP contribution in [0.1, 0.15) is 65.1 Å². The average Bonchev–Trinajstić information content (AvgIpc) is 2.63. The number of rotatable bonds is 4. The van der Waals surface area contributed by atoms with E-state index >= 15 is 0 Å². The Morgan fingerprint density at radius 2 is 1.59 bits per heavy atom. The van der Waals surface area contributed by atoms with Crippen molar-refractivity contribution in [3.8, 4) is 0 Å². The van der Waals surface area contributed by atoms with E-state index in [-0.39, 0.29) is 5.69 Å². The van der Waals surface area contributed by atoms with Gasteiger partial charge in [0.2, 0.25) is 0 Å². The zero-order valence-electron chi connectivity index (χ0n) is 15.5. The maximum Gasteiger partial charge on any atom is 0.269 e. The molecule has 0 radical (unpaired) electrons. The van der Waals surface area contributed by atoms with Gasteiger partial charge < -0.3 is 22.5 Å². The average molecular weight is 370 g/mol. The Bertz CT molecular complexity index is 806. The van der Waals surface area contributed by atoms with Crippen LogP contribution in [0.25, 0.3) is 0 Å². The summed E-state index contributed by atoms with van der Waals surface area (Å²) in [7, 11) is 0. The number of nitrogens with two attached hydrogens (primary N) is 3. The van der Waals surface area contributed by atoms with Crippen molar-refractivity contribution >= 4 is 29.0 Å². The molecule has 0 aromatic carbocycles. The number of nitrogen functional groups attached to an aromatic ring is 1. The first-order valence-electron chi connectivity index (χ1n) is 8.98. The van der Waals surface area contributed by atoms with Crippen LogP contribution in [0.2, 0.25) is 0 Å². The van der Waals surface area contributed by atoms with Crippen LogP contribution >= 0.6 is 0 Å². The van der Waals surface area contributed by atoms with Crippen molar-refractivity contribution in [2.45, 2.75) is 45.4 Å². The van der Waals surface area contributed by atoms with Gasteiger partial charge in [0.25, 0.3) is 11.8 Å². The molecule has 8 nitrogen and oxygen atoms in total. The minimum Gasteiger partial charge on any atom is -0.397 e. The van der Waals surface area contributed by atoms with Gasteiger partial charge in [-0.2, -0.15) is 0 Å². The lowest BCUT2D eigenvalue weighted by atomic mass is 10.0. The summed E-state index contributed by atoms with van der Waals surface area (Å²) in [6, 6.07) is 4.61. The highest BCUT2D eigenvalue weighted by Crippen LogP contribution is 2.21. The second kappa shape index (κ2) is 9.51. The van der Waals surface area contributed by atoms with Crippen LogP contribution in [0.5, 0.6) is 0 Å². The number of anilines is 3. The van der Waals surface area contributed by atoms with Gasteiger partial charge in [0, 0.05) is 0 Å². The molecule has 0 unspecified atom stereocenters. The molecule has 27 heavy (non-hydrogen) atoms. The number of hydrogen-bond acceptors (Lipinski definition) is 6. The van der Waals surface area contributed by atoms with Gasteiger partial charge in [-0.15, -0.1) is 0 Å². The molecule has 0 spiro atoms. The normalized spacial score (nSPS) is 13.2. The molecule has 1 saturated carbocycles. The molecule has 3 rings (SSSR count). The van der Waals surface area contributed by atoms with E-state index in [1.54, 1.807) is 13.0 Å². The maximum atomic E-state index is 11.3. The summed E-state index contributed by atoms with van der Waals surface area (Å²) in [5.41, 5.74) is 17.6. The molecule has 8 heteroatoms. The van der Waals surface area contributed by atoms with Crippen LogP contribution in [-0.4, -0.2) is 21.8 Å². The second-order valence-electron chi connectivity index (χ2n) is 6.47. The number of carbonyl (C=O) groups excluding carboxylic acids is 2. The van der Waals surface area contributed by atoms with Gasteiger partial charge >= 0.3 is 0 Å². The summed E-state index contributed by atoms with van der Waals surface area (Å²) in [5, 5.41) is 2.90. The number of primary amides is 2. The number of carbonyl (C=O) groups is 2. The molecule has 1 fully saturated rings. The highest BCUT2D eigenvalue weighted by atomic mass is 16.1. The van der Waals surface area contributed by atoms with Gasteiger partial charge in [-0.1, -0.05) is 38.5 Å². The molecule has 144 valence electrons. The minimum absolute atomic E-state index is 0.0441. The number of nitrogens with one attached hydrogen (secondary N) is 1. The molecular weight excluding hydrogens is 344 g/mol. The van der Waals surface area contributed by atoms with Crippen molar-refractivity contribution in [1.29, 1.82) is 0 Å². The predicted molar refractivity (Wildman–Crippen MR) is 106 cm³/mol. The van der Waals surface area contributed by atoms with Crippen molar-refractivity contribution in [2.75, 3.05) is 11.1 Å². The Morgan fingerprint density at radius 1 is 1.00 bits per heavy atom. The first-order chi connectivity index (χ1) is 12.9. The SMILES string of the molecule is C1CCCCC1.Cc1nc(Nc2cc(N)cnc2C(N)=O)ccc1C(N)=O. The van der Waals surface area contributed by atoms with Gasteiger partial charge in [0.1, 0.15) is 5.82 Å². The van der Waals surface area contributed by atoms with Crippen LogP contribution in [0.15, 0.2) is 24.4 Å². The third-order valence-electron chi connectivity index (χ3n) is 4.26. The summed E-state index contributed by atoms with van der Waals surface area (Å²) < 4.78 is 0. The van der Waals surface area contributed by atoms with Gasteiger partial charge in [-0.3, -0.25) is 9.59 Å². The monoisotopic (exact) mass is 370 g/mol. The zero-order valence-corrected chi connectivity index (χ0v) is 15.5. The zero-order chi connectivity index (χ0) is 19.8. The minimum atomic E-state index is -0.692. The third-order valence-corrected chi connectivity index (χ3v) is 4.26. The van der Waals surface area contributed by atoms with Crippen molar-refractivity contribution in [3.63, 3.8) is 0 Å². The Morgan fingerprint density at radius 3 is 2.07 bits per heavy atom. The standard InChI is InChI=1S/C13H14N6O2.C6H12/c1-6-8(12(15)20)2-3-10(18-6)19-9-4-7(14)5-17-11(9)13(16)21;1-2-4-6-5-3-1/h2-5H,14H2,1H3,(H2,15,20)(H2,16,21)(H,18,19);1-6H2. The van der Waals surface area contributed by atoms with E-state index in [0.29, 0.717) is 28.5 Å². The lowest BCUT2D eigenvalue weighted by Gasteiger charge is -2.11. The molecule has 7 N–H and O–H groups in total. The predicted octanol–water partition coefficient (Wildman–Crippen LogP) is 2.65. The van der Waals surface area contributed by atoms with Crippen molar-refractivity contribution in [3.05, 3.63) is 41.3 Å². The Kier molecular flexibility index (Phi) is 7.10. The Balaban J connectivity index is 0.000000369. The highest BCUT2D eigenvalue weighted by Gasteiger charge is 2.12. The largest absolute Gasteiger partial charge is 0.397 e. The Hall–Kier alpha value is -3.16. The molecule has 2 aromatic rings. The number of aryl methyl sites for hydroxylation is 1. The van der Waals surface area contributed by atoms with E-state index in [2.05, 4.69) is 15.3 Å². The van der Waals surface area contributed by atoms with E-state index in [1.165, 1.54) is 56.9 Å². The summed E-state index contributed by atoms with van der Waals surface area (Å²) >= 11 is 0. The summed E-state index contributed by atoms with van der Waals surface area (Å²) in [6.07, 6.45) is 10.3. The van der Waals surface area contributed by atoms with Gasteiger partial charge in [-0.05, 0) is 25.1 Å². The fourth-order valence-electron chi connectivity index (χ4n) is 2.86. The molecule has 1 aliphatic carbocycles. The highest BCUT2D eigenvalue weighted by molar-refractivity contribution is 5.98. The quantitative estimate of drug-likeness (QED) is 0.649. The van der Waals surface area contributed by atoms with Gasteiger partial charge in [0.05, 0.1) is 28.8 Å². The molecule has 2 amide bonds. The topological polar surface area (TPSA) is 150 Å². The van der Waals surface area contributed by atoms with Gasteiger partial charge in [-0.25, -0.2) is 9.97 Å². The van der Waals surface area contributed by atoms with Crippen LogP contribution in [-0.2, 0) is 0 Å². The van der Waals surface area contributed by atoms with Crippen molar-refractivity contribution in [2.24, 2.45) is 11.5 Å². The van der Waals surface area contributed by atoms with Crippen LogP contribution < -0.4 is 22.5 Å². The van der Waals surface area contributed by atoms with E-state index in [0.717, 1.165) is 0 Å². The van der Waals surface area contributed by atoms with Crippen LogP contribution in [0.4, 0.5) is 17.2 Å². The van der Waals surface area contributed by atoms with Crippen molar-refractivity contribution < 1.29 is 9.59 Å². The summed E-state index contributed by atoms with van der Waals surface area (Å²) in [5.74, 6) is -0.842. The number of nitrogens with zero attached hydrogens (tertiary/aromatic N) is 2. The number of hydrogen-bond donors (Lipinski definition) is 4. The summed E-state index contributed by atoms with van der Waals surface area (Å²) in [6.45, 7) is 1.65. The number of pyridine rings is 2. The van der Waals surface area contributed by atoms with E-state index in [4.69, 9.17) is 17.2 Å². The fraction of sp³-hybridized carbons (Fsp3) is 0.368. The molecule has 2 aromatic heterocycles. The van der Waals surface area contributed by atoms with Crippen molar-refractivity contribution in [1.82, 2.24) is 9.97 Å². The smallest absolute Gasteiger partial charge is 0.269 e. The first-order valence-corrected chi connectivity index (χ1v) is 8.98. The fourth-order valence-corrected chi connectivity index (χ4v) is 2.86. The lowest BCUT2D eigenvalue weighted by Crippen LogP contribution is -2.16. The first kappa shape index (κ1) is 20.2. The summed E-state index contributed by atoms with van der Waals surface area (Å²) in [4.78, 5) is 30.5. The molecule has 2 heterocycles. The second-order valence-corrected chi connectivity index (χ2v) is 6.47. The number of amides is 2. The molecule has 0 atom stereocenters.